The summed E-state index contributed by atoms with van der Waals surface area (Å²) in [6.45, 7) is 4.06. The summed E-state index contributed by atoms with van der Waals surface area (Å²) in [5, 5.41) is 15.2. The quantitative estimate of drug-likeness (QED) is 0.380. The first-order valence-electron chi connectivity index (χ1n) is 13.6. The molecule has 1 unspecified atom stereocenters. The van der Waals surface area contributed by atoms with E-state index < -0.39 is 5.60 Å². The molecule has 0 radical (unpaired) electrons. The fourth-order valence-electron chi connectivity index (χ4n) is 5.99. The van der Waals surface area contributed by atoms with E-state index in [0.29, 0.717) is 19.0 Å². The molecule has 1 heterocycles. The van der Waals surface area contributed by atoms with Crippen molar-refractivity contribution in [2.75, 3.05) is 19.6 Å². The molecule has 2 fully saturated rings. The molecule has 4 N–H and O–H groups in total. The van der Waals surface area contributed by atoms with Gasteiger partial charge in [-0.15, -0.1) is 0 Å². The van der Waals surface area contributed by atoms with Crippen LogP contribution in [-0.4, -0.2) is 41.7 Å². The summed E-state index contributed by atoms with van der Waals surface area (Å²) in [6, 6.07) is 10.2. The van der Waals surface area contributed by atoms with Gasteiger partial charge in [-0.1, -0.05) is 95.0 Å². The number of urea groups is 1. The first-order valence-corrected chi connectivity index (χ1v) is 13.6. The Kier molecular flexibility index (Phi) is 10.5. The summed E-state index contributed by atoms with van der Waals surface area (Å²) < 4.78 is 0. The summed E-state index contributed by atoms with van der Waals surface area (Å²) >= 11 is 0. The second-order valence-corrected chi connectivity index (χ2v) is 10.5. The van der Waals surface area contributed by atoms with Gasteiger partial charge in [0.05, 0.1) is 5.60 Å². The maximum absolute atomic E-state index is 13.2. The van der Waals surface area contributed by atoms with Gasteiger partial charge >= 0.3 is 6.03 Å². The maximum Gasteiger partial charge on any atom is 0.317 e. The highest BCUT2D eigenvalue weighted by atomic mass is 16.3. The average Bonchev–Trinajstić information content (AvgIpc) is 2.87. The Bertz CT molecular complexity index is 692. The Morgan fingerprint density at radius 3 is 2.58 bits per heavy atom. The van der Waals surface area contributed by atoms with Crippen LogP contribution in [0.4, 0.5) is 4.79 Å². The van der Waals surface area contributed by atoms with E-state index >= 15 is 0 Å². The number of benzene rings is 1. The molecule has 0 aromatic heterocycles. The van der Waals surface area contributed by atoms with Crippen LogP contribution in [0.2, 0.25) is 0 Å². The lowest BCUT2D eigenvalue weighted by Crippen LogP contribution is -2.53. The minimum absolute atomic E-state index is 0.00708. The normalized spacial score (nSPS) is 22.5. The lowest BCUT2D eigenvalue weighted by Gasteiger charge is -2.43. The molecule has 1 saturated carbocycles. The van der Waals surface area contributed by atoms with E-state index in [-0.39, 0.29) is 18.0 Å². The molecule has 33 heavy (non-hydrogen) atoms. The van der Waals surface area contributed by atoms with Crippen molar-refractivity contribution >= 4 is 6.03 Å². The van der Waals surface area contributed by atoms with E-state index in [1.165, 1.54) is 44.9 Å². The predicted molar refractivity (Wildman–Crippen MR) is 136 cm³/mol. The number of hydrogen-bond acceptors (Lipinski definition) is 3. The smallest absolute Gasteiger partial charge is 0.317 e. The largest absolute Gasteiger partial charge is 0.385 e. The summed E-state index contributed by atoms with van der Waals surface area (Å²) in [4.78, 5) is 15.1. The number of hydrogen-bond donors (Lipinski definition) is 3. The highest BCUT2D eigenvalue weighted by molar-refractivity contribution is 5.74. The zero-order valence-electron chi connectivity index (χ0n) is 20.8. The number of rotatable bonds is 11. The molecule has 0 bridgehead atoms. The monoisotopic (exact) mass is 457 g/mol. The summed E-state index contributed by atoms with van der Waals surface area (Å²) in [5.41, 5.74) is 6.15. The van der Waals surface area contributed by atoms with Gasteiger partial charge in [0.2, 0.25) is 0 Å². The van der Waals surface area contributed by atoms with Crippen molar-refractivity contribution < 1.29 is 9.90 Å². The Balaban J connectivity index is 1.63. The van der Waals surface area contributed by atoms with Gasteiger partial charge in [-0.3, -0.25) is 0 Å². The van der Waals surface area contributed by atoms with E-state index in [2.05, 4.69) is 12.2 Å². The summed E-state index contributed by atoms with van der Waals surface area (Å²) in [6.07, 6.45) is 14.6. The second kappa shape index (κ2) is 13.3. The Morgan fingerprint density at radius 1 is 1.12 bits per heavy atom. The highest BCUT2D eigenvalue weighted by Gasteiger charge is 2.41. The highest BCUT2D eigenvalue weighted by Crippen LogP contribution is 2.40. The van der Waals surface area contributed by atoms with E-state index in [0.717, 1.165) is 50.6 Å². The van der Waals surface area contributed by atoms with Gasteiger partial charge in [0.25, 0.3) is 0 Å². The lowest BCUT2D eigenvalue weighted by molar-refractivity contribution is -0.0557. The molecular weight excluding hydrogens is 410 g/mol. The average molecular weight is 458 g/mol. The maximum atomic E-state index is 13.2. The van der Waals surface area contributed by atoms with Crippen LogP contribution < -0.4 is 11.1 Å². The fourth-order valence-corrected chi connectivity index (χ4v) is 5.99. The van der Waals surface area contributed by atoms with Crippen LogP contribution in [0.15, 0.2) is 30.3 Å². The summed E-state index contributed by atoms with van der Waals surface area (Å²) in [5.74, 6) is 0.740. The van der Waals surface area contributed by atoms with Gasteiger partial charge < -0.3 is 21.1 Å². The van der Waals surface area contributed by atoms with Crippen LogP contribution >= 0.6 is 0 Å². The zero-order chi connectivity index (χ0) is 23.5. The van der Waals surface area contributed by atoms with E-state index in [1.54, 1.807) is 0 Å². The first-order chi connectivity index (χ1) is 16.1. The number of carbonyl (C=O) groups is 1. The van der Waals surface area contributed by atoms with Crippen molar-refractivity contribution in [3.8, 4) is 0 Å². The number of amides is 2. The van der Waals surface area contributed by atoms with Gasteiger partial charge in [0.1, 0.15) is 0 Å². The molecule has 1 aliphatic carbocycles. The Labute approximate surface area is 201 Å². The summed E-state index contributed by atoms with van der Waals surface area (Å²) in [7, 11) is 0. The van der Waals surface area contributed by atoms with Gasteiger partial charge in [-0.25, -0.2) is 4.79 Å². The number of likely N-dealkylation sites (tertiary alicyclic amines) is 1. The topological polar surface area (TPSA) is 78.6 Å². The van der Waals surface area contributed by atoms with E-state index in [9.17, 15) is 9.90 Å². The van der Waals surface area contributed by atoms with Crippen LogP contribution in [0.1, 0.15) is 96.0 Å². The minimum atomic E-state index is -0.886. The van der Waals surface area contributed by atoms with Crippen LogP contribution in [0.25, 0.3) is 0 Å². The predicted octanol–water partition coefficient (Wildman–Crippen LogP) is 5.56. The number of piperidine rings is 1. The standard InChI is InChI=1S/C28H47N3O2/c1-2-3-4-11-18-28(33,24-15-9-6-10-16-24)25-17-12-19-31(22-25)27(32)30-26(21-29)20-23-13-7-5-8-14-23/h6,9-10,15-16,23,25-26,33H,2-5,7-8,11-14,17-22,29H2,1H3,(H,30,32)/t25-,26?,28-/m1/s1. The molecule has 1 saturated heterocycles. The van der Waals surface area contributed by atoms with Crippen molar-refractivity contribution in [3.05, 3.63) is 35.9 Å². The molecule has 1 aromatic carbocycles. The van der Waals surface area contributed by atoms with Crippen molar-refractivity contribution in [1.82, 2.24) is 10.2 Å². The molecule has 3 rings (SSSR count). The first kappa shape index (κ1) is 26.0. The van der Waals surface area contributed by atoms with E-state index in [1.807, 2.05) is 35.2 Å². The molecule has 1 aromatic rings. The van der Waals surface area contributed by atoms with Gasteiger partial charge in [0, 0.05) is 31.6 Å². The van der Waals surface area contributed by atoms with Crippen LogP contribution in [0.5, 0.6) is 0 Å². The number of aliphatic hydroxyl groups is 1. The number of nitrogens with zero attached hydrogens (tertiary/aromatic N) is 1. The third-order valence-corrected chi connectivity index (χ3v) is 8.02. The van der Waals surface area contributed by atoms with Crippen molar-refractivity contribution in [2.45, 2.75) is 102 Å². The van der Waals surface area contributed by atoms with Crippen molar-refractivity contribution in [2.24, 2.45) is 17.6 Å². The SMILES string of the molecule is CCCCCC[C@@](O)(c1ccccc1)[C@@H]1CCCN(C(=O)NC(CN)CC2CCCCC2)C1. The number of unbranched alkanes of at least 4 members (excludes halogenated alkanes) is 3. The second-order valence-electron chi connectivity index (χ2n) is 10.5. The number of nitrogens with one attached hydrogen (secondary N) is 1. The zero-order valence-corrected chi connectivity index (χ0v) is 20.8. The fraction of sp³-hybridized carbons (Fsp3) is 0.750. The van der Waals surface area contributed by atoms with Crippen LogP contribution in [0.3, 0.4) is 0 Å². The molecule has 5 nitrogen and oxygen atoms in total. The molecule has 1 aliphatic heterocycles. The number of nitrogens with two attached hydrogens (primary N) is 1. The van der Waals surface area contributed by atoms with Crippen molar-refractivity contribution in [1.29, 1.82) is 0 Å². The van der Waals surface area contributed by atoms with Gasteiger partial charge in [0.15, 0.2) is 0 Å². The van der Waals surface area contributed by atoms with E-state index in [4.69, 9.17) is 5.73 Å². The third-order valence-electron chi connectivity index (χ3n) is 8.02. The minimum Gasteiger partial charge on any atom is -0.385 e. The molecule has 186 valence electrons. The Morgan fingerprint density at radius 2 is 1.88 bits per heavy atom. The molecule has 5 heteroatoms. The Hall–Kier alpha value is -1.59. The molecular formula is C28H47N3O2. The van der Waals surface area contributed by atoms with Crippen LogP contribution in [-0.2, 0) is 5.60 Å². The molecule has 3 atom stereocenters. The van der Waals surface area contributed by atoms with Gasteiger partial charge in [-0.05, 0) is 37.2 Å². The molecule has 2 amide bonds. The number of carbonyl (C=O) groups excluding carboxylic acids is 1. The van der Waals surface area contributed by atoms with Crippen LogP contribution in [0, 0.1) is 11.8 Å². The third kappa shape index (κ3) is 7.45. The van der Waals surface area contributed by atoms with Crippen molar-refractivity contribution in [3.63, 3.8) is 0 Å². The molecule has 2 aliphatic rings. The van der Waals surface area contributed by atoms with Gasteiger partial charge in [-0.2, -0.15) is 0 Å². The molecule has 0 spiro atoms. The lowest BCUT2D eigenvalue weighted by atomic mass is 9.74.